The van der Waals surface area contributed by atoms with Gasteiger partial charge in [-0.25, -0.2) is 9.48 Å². The summed E-state index contributed by atoms with van der Waals surface area (Å²) in [4.78, 5) is 17.3. The van der Waals surface area contributed by atoms with E-state index in [9.17, 15) is 4.79 Å². The molecular weight excluding hydrogens is 387 g/mol. The summed E-state index contributed by atoms with van der Waals surface area (Å²) in [5, 5.41) is 8.43. The first-order valence-corrected chi connectivity index (χ1v) is 9.83. The van der Waals surface area contributed by atoms with Crippen molar-refractivity contribution in [3.63, 3.8) is 0 Å². The van der Waals surface area contributed by atoms with Crippen LogP contribution >= 0.6 is 23.2 Å². The normalized spacial score (nSPS) is 20.2. The Bertz CT molecular complexity index is 903. The summed E-state index contributed by atoms with van der Waals surface area (Å²) in [6.07, 6.45) is 6.61. The van der Waals surface area contributed by atoms with Gasteiger partial charge in [-0.1, -0.05) is 35.7 Å². The van der Waals surface area contributed by atoms with Crippen molar-refractivity contribution < 1.29 is 9.53 Å². The molecular formula is C19H20Cl2N4O2. The summed E-state index contributed by atoms with van der Waals surface area (Å²) < 4.78 is 7.49. The lowest BCUT2D eigenvalue weighted by atomic mass is 9.95. The number of hydrogen-bond acceptors (Lipinski definition) is 5. The maximum absolute atomic E-state index is 13.1. The fourth-order valence-electron chi connectivity index (χ4n) is 3.76. The first-order chi connectivity index (χ1) is 13.0. The highest BCUT2D eigenvalue weighted by Gasteiger charge is 2.36. The smallest absolute Gasteiger partial charge is 0.338 e. The van der Waals surface area contributed by atoms with Gasteiger partial charge in [0.1, 0.15) is 18.5 Å². The molecule has 2 aromatic rings. The van der Waals surface area contributed by atoms with Gasteiger partial charge in [-0.2, -0.15) is 10.1 Å². The van der Waals surface area contributed by atoms with Crippen LogP contribution in [-0.4, -0.2) is 26.8 Å². The molecule has 1 unspecified atom stereocenters. The largest absolute Gasteiger partial charge is 0.459 e. The number of fused-ring (bicyclic) bond motifs is 1. The number of nitrogens with zero attached hydrogens (tertiary/aromatic N) is 3. The van der Waals surface area contributed by atoms with Crippen molar-refractivity contribution in [2.75, 3.05) is 5.32 Å². The Labute approximate surface area is 167 Å². The summed E-state index contributed by atoms with van der Waals surface area (Å²) in [6.45, 7) is 1.84. The maximum Gasteiger partial charge on any atom is 0.338 e. The molecule has 1 aliphatic heterocycles. The molecule has 1 aromatic carbocycles. The van der Waals surface area contributed by atoms with Gasteiger partial charge < -0.3 is 10.1 Å². The summed E-state index contributed by atoms with van der Waals surface area (Å²) in [6, 6.07) is 4.70. The highest BCUT2D eigenvalue weighted by molar-refractivity contribution is 6.35. The molecule has 0 spiro atoms. The Kier molecular flexibility index (Phi) is 5.10. The van der Waals surface area contributed by atoms with Crippen LogP contribution in [0.2, 0.25) is 10.0 Å². The number of esters is 1. The van der Waals surface area contributed by atoms with Gasteiger partial charge in [0, 0.05) is 21.3 Å². The average Bonchev–Trinajstić information content (AvgIpc) is 3.09. The maximum atomic E-state index is 13.1. The van der Waals surface area contributed by atoms with Crippen LogP contribution in [0.15, 0.2) is 35.8 Å². The highest BCUT2D eigenvalue weighted by Crippen LogP contribution is 2.39. The third kappa shape index (κ3) is 3.56. The number of carbonyl (C=O) groups excluding carboxylic acids is 1. The average molecular weight is 407 g/mol. The van der Waals surface area contributed by atoms with Gasteiger partial charge in [-0.05, 0) is 44.7 Å². The zero-order valence-corrected chi connectivity index (χ0v) is 16.4. The first-order valence-electron chi connectivity index (χ1n) is 9.08. The van der Waals surface area contributed by atoms with Gasteiger partial charge in [0.25, 0.3) is 0 Å². The zero-order chi connectivity index (χ0) is 19.0. The molecule has 8 heteroatoms. The monoisotopic (exact) mass is 406 g/mol. The Balaban J connectivity index is 1.73. The lowest BCUT2D eigenvalue weighted by molar-refractivity contribution is -0.146. The van der Waals surface area contributed by atoms with E-state index in [4.69, 9.17) is 27.9 Å². The third-order valence-electron chi connectivity index (χ3n) is 5.10. The molecule has 2 aliphatic rings. The van der Waals surface area contributed by atoms with E-state index in [0.29, 0.717) is 27.3 Å². The van der Waals surface area contributed by atoms with Crippen LogP contribution < -0.4 is 5.32 Å². The summed E-state index contributed by atoms with van der Waals surface area (Å²) in [5.41, 5.74) is 1.90. The second kappa shape index (κ2) is 7.52. The number of nitrogens with one attached hydrogen (secondary N) is 1. The molecule has 142 valence electrons. The SMILES string of the molecule is CC1=C(C(=O)OC2CCCCC2)C(c2ccc(Cl)cc2Cl)n2ncnc2N1. The molecule has 27 heavy (non-hydrogen) atoms. The molecule has 1 fully saturated rings. The number of ether oxygens (including phenoxy) is 1. The van der Waals surface area contributed by atoms with Gasteiger partial charge in [-0.15, -0.1) is 0 Å². The molecule has 1 aromatic heterocycles. The number of aromatic nitrogens is 3. The van der Waals surface area contributed by atoms with Gasteiger partial charge in [0.15, 0.2) is 0 Å². The van der Waals surface area contributed by atoms with Crippen LogP contribution in [0, 0.1) is 0 Å². The standard InChI is InChI=1S/C19H20Cl2N4O2/c1-11-16(18(26)27-13-5-3-2-4-6-13)17(25-19(24-11)22-10-23-25)14-8-7-12(20)9-15(14)21/h7-10,13,17H,2-6H2,1H3,(H,22,23,24). The zero-order valence-electron chi connectivity index (χ0n) is 14.9. The van der Waals surface area contributed by atoms with Gasteiger partial charge in [-0.3, -0.25) is 0 Å². The van der Waals surface area contributed by atoms with Crippen molar-refractivity contribution in [2.24, 2.45) is 0 Å². The minimum Gasteiger partial charge on any atom is -0.459 e. The van der Waals surface area contributed by atoms with E-state index in [-0.39, 0.29) is 12.1 Å². The molecule has 1 N–H and O–H groups in total. The van der Waals surface area contributed by atoms with Crippen LogP contribution in [0.25, 0.3) is 0 Å². The van der Waals surface area contributed by atoms with Crippen LogP contribution in [0.1, 0.15) is 50.6 Å². The Hall–Kier alpha value is -2.05. The summed E-state index contributed by atoms with van der Waals surface area (Å²) in [7, 11) is 0. The molecule has 1 aliphatic carbocycles. The van der Waals surface area contributed by atoms with E-state index >= 15 is 0 Å². The quantitative estimate of drug-likeness (QED) is 0.744. The number of carbonyl (C=O) groups is 1. The molecule has 6 nitrogen and oxygen atoms in total. The van der Waals surface area contributed by atoms with Gasteiger partial charge >= 0.3 is 5.97 Å². The van der Waals surface area contributed by atoms with Crippen LogP contribution in [0.3, 0.4) is 0 Å². The number of anilines is 1. The number of hydrogen-bond donors (Lipinski definition) is 1. The molecule has 0 radical (unpaired) electrons. The van der Waals surface area contributed by atoms with Crippen molar-refractivity contribution in [1.82, 2.24) is 14.8 Å². The predicted molar refractivity (Wildman–Crippen MR) is 104 cm³/mol. The number of allylic oxidation sites excluding steroid dienone is 1. The van der Waals surface area contributed by atoms with Gasteiger partial charge in [0.2, 0.25) is 5.95 Å². The topological polar surface area (TPSA) is 69.0 Å². The van der Waals surface area contributed by atoms with E-state index in [1.807, 2.05) is 13.0 Å². The highest BCUT2D eigenvalue weighted by atomic mass is 35.5. The Morgan fingerprint density at radius 1 is 1.26 bits per heavy atom. The number of benzene rings is 1. The van der Waals surface area contributed by atoms with Crippen LogP contribution in [0.4, 0.5) is 5.95 Å². The van der Waals surface area contributed by atoms with Crippen molar-refractivity contribution in [3.8, 4) is 0 Å². The second-order valence-corrected chi connectivity index (χ2v) is 7.77. The minimum atomic E-state index is -0.524. The van der Waals surface area contributed by atoms with Crippen molar-refractivity contribution in [2.45, 2.75) is 51.2 Å². The Morgan fingerprint density at radius 3 is 2.78 bits per heavy atom. The van der Waals surface area contributed by atoms with Crippen LogP contribution in [0.5, 0.6) is 0 Å². The summed E-state index contributed by atoms with van der Waals surface area (Å²) >= 11 is 12.5. The molecule has 0 saturated heterocycles. The van der Waals surface area contributed by atoms with E-state index in [1.54, 1.807) is 16.8 Å². The number of rotatable bonds is 3. The van der Waals surface area contributed by atoms with E-state index in [2.05, 4.69) is 15.4 Å². The van der Waals surface area contributed by atoms with E-state index in [0.717, 1.165) is 31.2 Å². The van der Waals surface area contributed by atoms with Crippen molar-refractivity contribution >= 4 is 35.1 Å². The fraction of sp³-hybridized carbons (Fsp3) is 0.421. The van der Waals surface area contributed by atoms with Crippen LogP contribution in [-0.2, 0) is 9.53 Å². The summed E-state index contributed by atoms with van der Waals surface area (Å²) in [5.74, 6) is 0.210. The lowest BCUT2D eigenvalue weighted by Crippen LogP contribution is -2.32. The second-order valence-electron chi connectivity index (χ2n) is 6.93. The first kappa shape index (κ1) is 18.3. The van der Waals surface area contributed by atoms with Crippen molar-refractivity contribution in [1.29, 1.82) is 0 Å². The third-order valence-corrected chi connectivity index (χ3v) is 5.66. The molecule has 0 bridgehead atoms. The predicted octanol–water partition coefficient (Wildman–Crippen LogP) is 4.75. The van der Waals surface area contributed by atoms with Gasteiger partial charge in [0.05, 0.1) is 5.57 Å². The van der Waals surface area contributed by atoms with E-state index < -0.39 is 6.04 Å². The lowest BCUT2D eigenvalue weighted by Gasteiger charge is -2.30. The molecule has 2 heterocycles. The molecule has 1 atom stereocenters. The molecule has 4 rings (SSSR count). The Morgan fingerprint density at radius 2 is 2.04 bits per heavy atom. The van der Waals surface area contributed by atoms with Crippen molar-refractivity contribution in [3.05, 3.63) is 51.4 Å². The molecule has 1 saturated carbocycles. The van der Waals surface area contributed by atoms with E-state index in [1.165, 1.54) is 12.7 Å². The number of halogens is 2. The fourth-order valence-corrected chi connectivity index (χ4v) is 4.28. The molecule has 0 amide bonds. The minimum absolute atomic E-state index is 0.0370.